The van der Waals surface area contributed by atoms with Crippen LogP contribution < -0.4 is 0 Å². The molecule has 0 saturated heterocycles. The van der Waals surface area contributed by atoms with Crippen LogP contribution >= 0.6 is 0 Å². The number of ether oxygens (including phenoxy) is 1. The van der Waals surface area contributed by atoms with Gasteiger partial charge in [-0.05, 0) is 18.4 Å². The molecule has 0 saturated carbocycles. The Morgan fingerprint density at radius 3 is 2.33 bits per heavy atom. The smallest absolute Gasteiger partial charge is 0.341 e. The Morgan fingerprint density at radius 2 is 1.76 bits per heavy atom. The van der Waals surface area contributed by atoms with E-state index in [2.05, 4.69) is 6.58 Å². The number of carbonyl (C=O) groups excluding carboxylic acids is 2. The van der Waals surface area contributed by atoms with Gasteiger partial charge in [0.15, 0.2) is 0 Å². The fourth-order valence-corrected chi connectivity index (χ4v) is 1.54. The van der Waals surface area contributed by atoms with Crippen LogP contribution in [0.15, 0.2) is 60.2 Å². The maximum absolute atomic E-state index is 11.9. The van der Waals surface area contributed by atoms with Crippen molar-refractivity contribution in [3.05, 3.63) is 65.8 Å². The van der Waals surface area contributed by atoms with Crippen molar-refractivity contribution >= 4 is 18.0 Å². The van der Waals surface area contributed by atoms with Crippen molar-refractivity contribution < 1.29 is 14.3 Å². The van der Waals surface area contributed by atoms with Crippen molar-refractivity contribution in [2.45, 2.75) is 26.7 Å². The van der Waals surface area contributed by atoms with Gasteiger partial charge in [0, 0.05) is 11.1 Å². The first kappa shape index (κ1) is 16.6. The van der Waals surface area contributed by atoms with Gasteiger partial charge in [-0.25, -0.2) is 9.59 Å². The van der Waals surface area contributed by atoms with Crippen molar-refractivity contribution in [2.24, 2.45) is 0 Å². The molecule has 1 rings (SSSR count). The zero-order valence-corrected chi connectivity index (χ0v) is 12.5. The van der Waals surface area contributed by atoms with Crippen LogP contribution in [0.4, 0.5) is 0 Å². The lowest BCUT2D eigenvalue weighted by atomic mass is 10.1. The average molecular weight is 284 g/mol. The van der Waals surface area contributed by atoms with Crippen LogP contribution in [0.5, 0.6) is 0 Å². The Hall–Kier alpha value is -2.42. The highest BCUT2D eigenvalue weighted by Gasteiger charge is 2.15. The Labute approximate surface area is 125 Å². The highest BCUT2D eigenvalue weighted by Crippen LogP contribution is 2.09. The first-order chi connectivity index (χ1) is 10.1. The fraction of sp³-hybridized carbons (Fsp3) is 0.222. The molecule has 0 bridgehead atoms. The Balaban J connectivity index is 2.71. The summed E-state index contributed by atoms with van der Waals surface area (Å²) in [7, 11) is 0. The third-order valence-corrected chi connectivity index (χ3v) is 2.93. The molecule has 0 unspecified atom stereocenters. The second-order valence-electron chi connectivity index (χ2n) is 4.45. The van der Waals surface area contributed by atoms with Gasteiger partial charge in [0.2, 0.25) is 0 Å². The predicted octanol–water partition coefficient (Wildman–Crippen LogP) is 4.07. The Morgan fingerprint density at radius 1 is 1.10 bits per heavy atom. The number of hydrogen-bond acceptors (Lipinski definition) is 3. The SMILES string of the molecule is C=C(CC)C(=O)OC(=O)C(=CC=Cc1ccccc1)CC. The molecule has 0 amide bonds. The van der Waals surface area contributed by atoms with Crippen LogP contribution in [-0.4, -0.2) is 11.9 Å². The number of benzene rings is 1. The zero-order valence-electron chi connectivity index (χ0n) is 12.5. The normalized spacial score (nSPS) is 11.4. The monoisotopic (exact) mass is 284 g/mol. The van der Waals surface area contributed by atoms with E-state index in [4.69, 9.17) is 4.74 Å². The molecule has 1 aromatic carbocycles. The van der Waals surface area contributed by atoms with E-state index in [-0.39, 0.29) is 0 Å². The molecule has 0 atom stereocenters. The number of rotatable bonds is 6. The Bertz CT molecular complexity index is 565. The lowest BCUT2D eigenvalue weighted by Gasteiger charge is -2.05. The van der Waals surface area contributed by atoms with Crippen molar-refractivity contribution in [1.29, 1.82) is 0 Å². The van der Waals surface area contributed by atoms with Gasteiger partial charge >= 0.3 is 11.9 Å². The van der Waals surface area contributed by atoms with Gasteiger partial charge in [-0.1, -0.05) is 69.0 Å². The summed E-state index contributed by atoms with van der Waals surface area (Å²) in [5.74, 6) is -1.27. The Kier molecular flexibility index (Phi) is 6.88. The molecule has 0 fully saturated rings. The largest absolute Gasteiger partial charge is 0.386 e. The van der Waals surface area contributed by atoms with E-state index in [0.717, 1.165) is 5.56 Å². The van der Waals surface area contributed by atoms with Gasteiger partial charge in [-0.2, -0.15) is 0 Å². The summed E-state index contributed by atoms with van der Waals surface area (Å²) in [5, 5.41) is 0. The quantitative estimate of drug-likeness (QED) is 0.342. The third kappa shape index (κ3) is 5.61. The molecule has 0 aliphatic heterocycles. The van der Waals surface area contributed by atoms with E-state index in [1.54, 1.807) is 19.1 Å². The summed E-state index contributed by atoms with van der Waals surface area (Å²) in [6, 6.07) is 9.74. The van der Waals surface area contributed by atoms with Gasteiger partial charge in [-0.3, -0.25) is 0 Å². The molecule has 0 spiro atoms. The maximum Gasteiger partial charge on any atom is 0.341 e. The molecule has 0 aliphatic rings. The molecule has 0 aromatic heterocycles. The molecule has 0 heterocycles. The maximum atomic E-state index is 11.9. The van der Waals surface area contributed by atoms with Gasteiger partial charge in [-0.15, -0.1) is 0 Å². The first-order valence-electron chi connectivity index (χ1n) is 6.95. The standard InChI is InChI=1S/C18H20O3/c1-4-14(3)17(19)21-18(20)16(5-2)13-9-12-15-10-7-6-8-11-15/h6-13H,3-5H2,1-2H3. The summed E-state index contributed by atoms with van der Waals surface area (Å²) >= 11 is 0. The van der Waals surface area contributed by atoms with E-state index < -0.39 is 11.9 Å². The van der Waals surface area contributed by atoms with Crippen molar-refractivity contribution in [3.63, 3.8) is 0 Å². The third-order valence-electron chi connectivity index (χ3n) is 2.93. The topological polar surface area (TPSA) is 43.4 Å². The molecule has 0 radical (unpaired) electrons. The first-order valence-corrected chi connectivity index (χ1v) is 6.95. The lowest BCUT2D eigenvalue weighted by molar-refractivity contribution is -0.154. The second-order valence-corrected chi connectivity index (χ2v) is 4.45. The van der Waals surface area contributed by atoms with Crippen molar-refractivity contribution in [3.8, 4) is 0 Å². The minimum absolute atomic E-state index is 0.290. The molecule has 0 aliphatic carbocycles. The molecular formula is C18H20O3. The molecular weight excluding hydrogens is 264 g/mol. The van der Waals surface area contributed by atoms with Crippen LogP contribution in [0.3, 0.4) is 0 Å². The van der Waals surface area contributed by atoms with E-state index in [1.807, 2.05) is 43.3 Å². The highest BCUT2D eigenvalue weighted by molar-refractivity contribution is 6.01. The fourth-order valence-electron chi connectivity index (χ4n) is 1.54. The molecule has 110 valence electrons. The molecule has 3 nitrogen and oxygen atoms in total. The summed E-state index contributed by atoms with van der Waals surface area (Å²) < 4.78 is 4.78. The van der Waals surface area contributed by atoms with Crippen LogP contribution in [-0.2, 0) is 14.3 Å². The molecule has 21 heavy (non-hydrogen) atoms. The van der Waals surface area contributed by atoms with Crippen molar-refractivity contribution in [2.75, 3.05) is 0 Å². The van der Waals surface area contributed by atoms with Crippen LogP contribution in [0.25, 0.3) is 6.08 Å². The van der Waals surface area contributed by atoms with Crippen LogP contribution in [0.2, 0.25) is 0 Å². The van der Waals surface area contributed by atoms with E-state index in [1.165, 1.54) is 0 Å². The molecule has 1 aromatic rings. The molecule has 0 N–H and O–H groups in total. The number of allylic oxidation sites excluding steroid dienone is 2. The highest BCUT2D eigenvalue weighted by atomic mass is 16.6. The molecule has 3 heteroatoms. The van der Waals surface area contributed by atoms with Crippen LogP contribution in [0.1, 0.15) is 32.3 Å². The van der Waals surface area contributed by atoms with E-state index in [0.29, 0.717) is 24.0 Å². The lowest BCUT2D eigenvalue weighted by Crippen LogP contribution is -2.15. The van der Waals surface area contributed by atoms with Gasteiger partial charge in [0.1, 0.15) is 0 Å². The minimum atomic E-state index is -0.658. The predicted molar refractivity (Wildman–Crippen MR) is 84.4 cm³/mol. The summed E-state index contributed by atoms with van der Waals surface area (Å²) in [6.07, 6.45) is 6.27. The number of hydrogen-bond donors (Lipinski definition) is 0. The minimum Gasteiger partial charge on any atom is -0.386 e. The van der Waals surface area contributed by atoms with Gasteiger partial charge in [0.25, 0.3) is 0 Å². The summed E-state index contributed by atoms with van der Waals surface area (Å²) in [4.78, 5) is 23.4. The van der Waals surface area contributed by atoms with Gasteiger partial charge < -0.3 is 4.74 Å². The van der Waals surface area contributed by atoms with E-state index >= 15 is 0 Å². The summed E-state index contributed by atoms with van der Waals surface area (Å²) in [6.45, 7) is 7.17. The van der Waals surface area contributed by atoms with E-state index in [9.17, 15) is 9.59 Å². The van der Waals surface area contributed by atoms with Crippen LogP contribution in [0, 0.1) is 0 Å². The average Bonchev–Trinajstić information content (AvgIpc) is 2.51. The number of carbonyl (C=O) groups is 2. The zero-order chi connectivity index (χ0) is 15.7. The number of esters is 2. The summed E-state index contributed by atoms with van der Waals surface area (Å²) in [5.41, 5.74) is 1.77. The van der Waals surface area contributed by atoms with Crippen molar-refractivity contribution in [1.82, 2.24) is 0 Å². The second kappa shape index (κ2) is 8.69. The van der Waals surface area contributed by atoms with Gasteiger partial charge in [0.05, 0.1) is 0 Å².